The summed E-state index contributed by atoms with van der Waals surface area (Å²) in [4.78, 5) is 39.5. The van der Waals surface area contributed by atoms with E-state index in [1.54, 1.807) is 6.07 Å². The van der Waals surface area contributed by atoms with Gasteiger partial charge in [-0.05, 0) is 98.2 Å². The van der Waals surface area contributed by atoms with Crippen LogP contribution in [0.3, 0.4) is 0 Å². The highest BCUT2D eigenvalue weighted by Crippen LogP contribution is 2.36. The Kier molecular flexibility index (Phi) is 7.47. The van der Waals surface area contributed by atoms with E-state index in [0.29, 0.717) is 60.9 Å². The lowest BCUT2D eigenvalue weighted by atomic mass is 9.98. The third-order valence-corrected chi connectivity index (χ3v) is 7.90. The number of aliphatic hydroxyl groups excluding tert-OH is 2. The summed E-state index contributed by atoms with van der Waals surface area (Å²) in [6, 6.07) is 7.46. The van der Waals surface area contributed by atoms with Crippen LogP contribution >= 0.6 is 0 Å². The van der Waals surface area contributed by atoms with Crippen molar-refractivity contribution >= 4 is 68.8 Å². The number of allylic oxidation sites excluding steroid dienone is 4. The van der Waals surface area contributed by atoms with E-state index in [4.69, 9.17) is 9.97 Å². The molecule has 0 saturated carbocycles. The van der Waals surface area contributed by atoms with E-state index in [0.717, 1.165) is 40.3 Å². The number of aliphatic carboxylic acids is 2. The number of aryl methyl sites for hydroxylation is 2. The molecule has 5 heterocycles. The summed E-state index contributed by atoms with van der Waals surface area (Å²) in [6.45, 7) is 7.57. The molecule has 8 bridgehead atoms. The minimum absolute atomic E-state index is 0.0839. The number of nitrogens with one attached hydrogen (secondary N) is 2. The van der Waals surface area contributed by atoms with Crippen molar-refractivity contribution in [2.45, 2.75) is 53.4 Å². The van der Waals surface area contributed by atoms with Gasteiger partial charge in [0.2, 0.25) is 0 Å². The zero-order valence-electron chi connectivity index (χ0n) is 23.8. The number of hydrogen-bond donors (Lipinski definition) is 6. The second-order valence-electron chi connectivity index (χ2n) is 10.6. The number of fused-ring (bicyclic) bond motifs is 8. The van der Waals surface area contributed by atoms with E-state index in [1.807, 2.05) is 45.9 Å². The number of aromatic amines is 2. The molecule has 6 N–H and O–H groups in total. The first-order valence-electron chi connectivity index (χ1n) is 13.6. The van der Waals surface area contributed by atoms with Crippen molar-refractivity contribution < 1.29 is 30.0 Å². The Morgan fingerprint density at radius 3 is 1.88 bits per heavy atom. The molecule has 10 heteroatoms. The Morgan fingerprint density at radius 1 is 0.690 bits per heavy atom. The lowest BCUT2D eigenvalue weighted by molar-refractivity contribution is -0.137. The lowest BCUT2D eigenvalue weighted by Crippen LogP contribution is -2.09. The fourth-order valence-corrected chi connectivity index (χ4v) is 5.62. The molecule has 10 nitrogen and oxygen atoms in total. The number of carboxylic acid groups (broad SMARTS) is 2. The molecular formula is C32H32N4O6. The first-order chi connectivity index (χ1) is 20.0. The van der Waals surface area contributed by atoms with Crippen molar-refractivity contribution in [1.82, 2.24) is 19.9 Å². The number of carboxylic acids is 2. The molecule has 0 spiro atoms. The molecule has 0 aromatic carbocycles. The Hall–Kier alpha value is -5.12. The maximum atomic E-state index is 11.5. The predicted octanol–water partition coefficient (Wildman–Crippen LogP) is 5.11. The highest BCUT2D eigenvalue weighted by Gasteiger charge is 2.23. The second-order valence-corrected chi connectivity index (χ2v) is 10.6. The Balaban J connectivity index is 1.98. The van der Waals surface area contributed by atoms with E-state index in [9.17, 15) is 30.0 Å². The van der Waals surface area contributed by atoms with Gasteiger partial charge in [0.25, 0.3) is 0 Å². The van der Waals surface area contributed by atoms with Gasteiger partial charge in [0.1, 0.15) is 0 Å². The molecule has 0 aliphatic carbocycles. The number of carbonyl (C=O) groups is 2. The van der Waals surface area contributed by atoms with Crippen LogP contribution in [0.25, 0.3) is 56.9 Å². The number of nitrogens with zero attached hydrogens (tertiary/aromatic N) is 2. The number of rotatable bonds is 6. The molecule has 3 aromatic rings. The van der Waals surface area contributed by atoms with Crippen molar-refractivity contribution in [3.05, 3.63) is 68.6 Å². The van der Waals surface area contributed by atoms with Crippen LogP contribution in [0, 0.1) is 13.8 Å². The summed E-state index contributed by atoms with van der Waals surface area (Å²) in [5, 5.41) is 40.5. The van der Waals surface area contributed by atoms with Crippen LogP contribution in [0.15, 0.2) is 24.3 Å². The van der Waals surface area contributed by atoms with Gasteiger partial charge in [-0.25, -0.2) is 9.97 Å². The molecule has 5 rings (SSSR count). The number of H-pyrrole nitrogens is 2. The number of aliphatic hydroxyl groups is 2. The molecule has 3 aromatic heterocycles. The molecule has 0 atom stereocenters. The van der Waals surface area contributed by atoms with Crippen LogP contribution in [0.1, 0.15) is 73.4 Å². The zero-order chi connectivity index (χ0) is 30.3. The van der Waals surface area contributed by atoms with Gasteiger partial charge in [-0.1, -0.05) is 0 Å². The van der Waals surface area contributed by atoms with Crippen LogP contribution in [0.2, 0.25) is 0 Å². The second kappa shape index (κ2) is 11.0. The summed E-state index contributed by atoms with van der Waals surface area (Å²) in [7, 11) is 0. The van der Waals surface area contributed by atoms with Crippen molar-refractivity contribution in [2.75, 3.05) is 0 Å². The molecule has 216 valence electrons. The quantitative estimate of drug-likeness (QED) is 0.238. The van der Waals surface area contributed by atoms with E-state index in [2.05, 4.69) is 9.97 Å². The molecule has 0 saturated heterocycles. The highest BCUT2D eigenvalue weighted by atomic mass is 16.4. The van der Waals surface area contributed by atoms with Crippen molar-refractivity contribution in [2.24, 2.45) is 0 Å². The predicted molar refractivity (Wildman–Crippen MR) is 163 cm³/mol. The van der Waals surface area contributed by atoms with Gasteiger partial charge in [0, 0.05) is 18.4 Å². The fourth-order valence-electron chi connectivity index (χ4n) is 5.62. The minimum atomic E-state index is -0.950. The number of aromatic nitrogens is 4. The van der Waals surface area contributed by atoms with Crippen LogP contribution in [0.4, 0.5) is 0 Å². The van der Waals surface area contributed by atoms with Gasteiger partial charge in [0.15, 0.2) is 0 Å². The number of hydrogen-bond acceptors (Lipinski definition) is 6. The molecule has 2 aliphatic rings. The topological polar surface area (TPSA) is 172 Å². The average Bonchev–Trinajstić information content (AvgIpc) is 3.64. The van der Waals surface area contributed by atoms with Crippen molar-refractivity contribution in [1.29, 1.82) is 0 Å². The van der Waals surface area contributed by atoms with Gasteiger partial charge in [-0.3, -0.25) is 9.59 Å². The molecule has 2 aliphatic heterocycles. The normalized spacial score (nSPS) is 14.3. The van der Waals surface area contributed by atoms with Gasteiger partial charge >= 0.3 is 11.9 Å². The highest BCUT2D eigenvalue weighted by molar-refractivity contribution is 5.96. The SMILES string of the molecule is CC1=C(CCC(=O)O)c2cc3nc(c(=CO)c4cc(C)c([nH]4)c(=CO)c4cc(C)c(cc1n2)[nH]4)C(C)=C3CCC(=O)O. The van der Waals surface area contributed by atoms with E-state index >= 15 is 0 Å². The molecule has 0 fully saturated rings. The summed E-state index contributed by atoms with van der Waals surface area (Å²) in [5.41, 5.74) is 9.61. The standard InChI is InChI=1S/C32H32N4O6/c1-15-9-25-21(13-37)31-16(2)10-26(35-31)22(14-38)32-18(4)20(6-8-30(41)42)28(36-32)12-27-19(5-7-29(39)40)17(3)24(34-27)11-23(15)33-25/h9-14,33,35,37-38H,5-8H2,1-4H3,(H,39,40)(H,41,42). The molecule has 0 radical (unpaired) electrons. The van der Waals surface area contributed by atoms with E-state index in [-0.39, 0.29) is 25.7 Å². The zero-order valence-corrected chi connectivity index (χ0v) is 23.8. The third-order valence-electron chi connectivity index (χ3n) is 7.90. The summed E-state index contributed by atoms with van der Waals surface area (Å²) in [5.74, 6) is -1.88. The Morgan fingerprint density at radius 2 is 1.26 bits per heavy atom. The molecular weight excluding hydrogens is 536 g/mol. The van der Waals surface area contributed by atoms with Gasteiger partial charge in [0.05, 0.1) is 62.3 Å². The largest absolute Gasteiger partial charge is 0.515 e. The Bertz CT molecular complexity index is 2010. The molecule has 42 heavy (non-hydrogen) atoms. The summed E-state index contributed by atoms with van der Waals surface area (Å²) in [6.07, 6.45) is 2.25. The summed E-state index contributed by atoms with van der Waals surface area (Å²) >= 11 is 0. The van der Waals surface area contributed by atoms with E-state index in [1.165, 1.54) is 0 Å². The maximum Gasteiger partial charge on any atom is 0.303 e. The van der Waals surface area contributed by atoms with Crippen molar-refractivity contribution in [3.63, 3.8) is 0 Å². The van der Waals surface area contributed by atoms with Gasteiger partial charge in [-0.2, -0.15) is 0 Å². The smallest absolute Gasteiger partial charge is 0.303 e. The first-order valence-corrected chi connectivity index (χ1v) is 13.6. The van der Waals surface area contributed by atoms with Crippen LogP contribution < -0.4 is 10.4 Å². The van der Waals surface area contributed by atoms with Gasteiger partial charge in [-0.15, -0.1) is 0 Å². The molecule has 0 amide bonds. The fraction of sp³-hybridized carbons (Fsp3) is 0.250. The molecule has 0 unspecified atom stereocenters. The summed E-state index contributed by atoms with van der Waals surface area (Å²) < 4.78 is 0. The maximum absolute atomic E-state index is 11.5. The van der Waals surface area contributed by atoms with Crippen LogP contribution in [-0.2, 0) is 9.59 Å². The first kappa shape index (κ1) is 28.4. The monoisotopic (exact) mass is 568 g/mol. The van der Waals surface area contributed by atoms with Gasteiger partial charge < -0.3 is 30.4 Å². The van der Waals surface area contributed by atoms with Crippen LogP contribution in [-0.4, -0.2) is 52.3 Å². The van der Waals surface area contributed by atoms with E-state index < -0.39 is 11.9 Å². The minimum Gasteiger partial charge on any atom is -0.515 e. The Labute approximate surface area is 240 Å². The third kappa shape index (κ3) is 5.07. The van der Waals surface area contributed by atoms with Crippen molar-refractivity contribution in [3.8, 4) is 0 Å². The lowest BCUT2D eigenvalue weighted by Gasteiger charge is -2.05. The average molecular weight is 569 g/mol. The van der Waals surface area contributed by atoms with Crippen LogP contribution in [0.5, 0.6) is 0 Å².